The van der Waals surface area contributed by atoms with E-state index in [9.17, 15) is 14.7 Å². The number of esters is 1. The number of ether oxygens (including phenoxy) is 2. The highest BCUT2D eigenvalue weighted by Crippen LogP contribution is 2.36. The lowest BCUT2D eigenvalue weighted by Gasteiger charge is -2.25. The highest BCUT2D eigenvalue weighted by molar-refractivity contribution is 6.04. The fourth-order valence-electron chi connectivity index (χ4n) is 4.58. The van der Waals surface area contributed by atoms with Gasteiger partial charge in [-0.2, -0.15) is 0 Å². The van der Waals surface area contributed by atoms with Crippen LogP contribution < -0.4 is 5.56 Å². The van der Waals surface area contributed by atoms with E-state index in [0.717, 1.165) is 18.4 Å². The van der Waals surface area contributed by atoms with Gasteiger partial charge in [0.05, 0.1) is 18.3 Å². The molecule has 0 unspecified atom stereocenters. The highest BCUT2D eigenvalue weighted by Gasteiger charge is 2.26. The molecule has 4 aromatic rings. The van der Waals surface area contributed by atoms with Crippen LogP contribution in [0.3, 0.4) is 0 Å². The average Bonchev–Trinajstić information content (AvgIpc) is 2.91. The molecule has 0 radical (unpaired) electrons. The van der Waals surface area contributed by atoms with Gasteiger partial charge in [-0.15, -0.1) is 0 Å². The minimum Gasteiger partial charge on any atom is -0.505 e. The molecule has 35 heavy (non-hydrogen) atoms. The molecular formula is C27H25N3O5. The van der Waals surface area contributed by atoms with Crippen molar-refractivity contribution in [1.29, 1.82) is 0 Å². The maximum absolute atomic E-state index is 13.9. The third kappa shape index (κ3) is 4.28. The summed E-state index contributed by atoms with van der Waals surface area (Å²) in [4.78, 5) is 35.2. The van der Waals surface area contributed by atoms with Crippen LogP contribution >= 0.6 is 0 Å². The van der Waals surface area contributed by atoms with Gasteiger partial charge in [-0.25, -0.2) is 9.78 Å². The van der Waals surface area contributed by atoms with Crippen LogP contribution in [0, 0.1) is 5.92 Å². The number of pyridine rings is 3. The van der Waals surface area contributed by atoms with Crippen molar-refractivity contribution in [3.05, 3.63) is 77.0 Å². The van der Waals surface area contributed by atoms with Crippen molar-refractivity contribution < 1.29 is 19.4 Å². The molecule has 0 saturated carbocycles. The Hall–Kier alpha value is -4.04. The molecule has 1 aliphatic heterocycles. The summed E-state index contributed by atoms with van der Waals surface area (Å²) < 4.78 is 12.1. The smallest absolute Gasteiger partial charge is 0.360 e. The quantitative estimate of drug-likeness (QED) is 0.438. The third-order valence-electron chi connectivity index (χ3n) is 6.40. The van der Waals surface area contributed by atoms with E-state index in [1.54, 1.807) is 35.2 Å². The fourth-order valence-corrected chi connectivity index (χ4v) is 4.58. The predicted octanol–water partition coefficient (Wildman–Crippen LogP) is 4.04. The van der Waals surface area contributed by atoms with Crippen LogP contribution in [0.2, 0.25) is 0 Å². The number of hydrogen-bond donors (Lipinski definition) is 1. The Kier molecular flexibility index (Phi) is 6.29. The predicted molar refractivity (Wildman–Crippen MR) is 131 cm³/mol. The zero-order valence-electron chi connectivity index (χ0n) is 19.3. The zero-order chi connectivity index (χ0) is 24.4. The summed E-state index contributed by atoms with van der Waals surface area (Å²) in [6.45, 7) is 1.72. The molecule has 1 saturated heterocycles. The summed E-state index contributed by atoms with van der Waals surface area (Å²) >= 11 is 0. The Morgan fingerprint density at radius 1 is 1.14 bits per heavy atom. The lowest BCUT2D eigenvalue weighted by Crippen LogP contribution is -2.29. The van der Waals surface area contributed by atoms with Crippen LogP contribution in [-0.2, 0) is 16.0 Å². The molecule has 1 aromatic carbocycles. The second-order valence-electron chi connectivity index (χ2n) is 8.55. The summed E-state index contributed by atoms with van der Waals surface area (Å²) in [6, 6.07) is 14.5. The van der Waals surface area contributed by atoms with E-state index in [2.05, 4.69) is 9.97 Å². The number of fused-ring (bicyclic) bond motifs is 1. The van der Waals surface area contributed by atoms with E-state index < -0.39 is 5.97 Å². The van der Waals surface area contributed by atoms with E-state index >= 15 is 0 Å². The Morgan fingerprint density at radius 3 is 2.57 bits per heavy atom. The topological polar surface area (TPSA) is 104 Å². The zero-order valence-corrected chi connectivity index (χ0v) is 19.3. The first-order valence-corrected chi connectivity index (χ1v) is 11.5. The number of hydrogen-bond acceptors (Lipinski definition) is 7. The molecule has 3 aromatic heterocycles. The average molecular weight is 472 g/mol. The summed E-state index contributed by atoms with van der Waals surface area (Å²) in [5.41, 5.74) is 2.21. The molecule has 1 N–H and O–H groups in total. The molecule has 0 spiro atoms. The third-order valence-corrected chi connectivity index (χ3v) is 6.40. The summed E-state index contributed by atoms with van der Waals surface area (Å²) in [7, 11) is 1.23. The van der Waals surface area contributed by atoms with Gasteiger partial charge in [0, 0.05) is 48.7 Å². The lowest BCUT2D eigenvalue weighted by molar-refractivity contribution is 0.0590. The Morgan fingerprint density at radius 2 is 1.89 bits per heavy atom. The Balaban J connectivity index is 1.88. The van der Waals surface area contributed by atoms with Gasteiger partial charge in [0.15, 0.2) is 11.4 Å². The van der Waals surface area contributed by atoms with Crippen molar-refractivity contribution >= 4 is 16.9 Å². The molecule has 0 atom stereocenters. The van der Waals surface area contributed by atoms with Crippen LogP contribution in [-0.4, -0.2) is 45.9 Å². The molecule has 1 fully saturated rings. The monoisotopic (exact) mass is 471 g/mol. The molecule has 8 nitrogen and oxygen atoms in total. The number of carbonyl (C=O) groups is 1. The normalized spacial score (nSPS) is 14.2. The van der Waals surface area contributed by atoms with Crippen LogP contribution in [0.25, 0.3) is 33.3 Å². The van der Waals surface area contributed by atoms with Crippen molar-refractivity contribution in [1.82, 2.24) is 14.5 Å². The molecule has 4 heterocycles. The van der Waals surface area contributed by atoms with Crippen LogP contribution in [0.4, 0.5) is 0 Å². The van der Waals surface area contributed by atoms with Crippen molar-refractivity contribution in [3.8, 4) is 28.1 Å². The van der Waals surface area contributed by atoms with Gasteiger partial charge < -0.3 is 19.1 Å². The standard InChI is InChI=1S/C27H25N3O5/c1-34-27(33)23-25(31)21-14-20(18-6-3-2-4-7-18)26(32)30(16-17-9-12-35-13-10-17)24(21)22(29-23)19-8-5-11-28-15-19/h2-8,11,14-15,17,31H,9-10,12-13,16H2,1H3. The summed E-state index contributed by atoms with van der Waals surface area (Å²) in [5, 5.41) is 11.6. The summed E-state index contributed by atoms with van der Waals surface area (Å²) in [5.74, 6) is -0.866. The number of methoxy groups -OCH3 is 1. The van der Waals surface area contributed by atoms with Gasteiger partial charge in [-0.3, -0.25) is 9.78 Å². The van der Waals surface area contributed by atoms with E-state index in [-0.39, 0.29) is 22.9 Å². The van der Waals surface area contributed by atoms with Crippen LogP contribution in [0.1, 0.15) is 23.3 Å². The molecule has 1 aliphatic rings. The summed E-state index contributed by atoms with van der Waals surface area (Å²) in [6.07, 6.45) is 4.90. The number of aromatic hydroxyl groups is 1. The molecule has 5 rings (SSSR count). The first-order valence-electron chi connectivity index (χ1n) is 11.5. The van der Waals surface area contributed by atoms with Gasteiger partial charge in [-0.05, 0) is 42.5 Å². The van der Waals surface area contributed by atoms with Crippen molar-refractivity contribution in [3.63, 3.8) is 0 Å². The SMILES string of the molecule is COC(=O)c1nc(-c2cccnc2)c2c(cc(-c3ccccc3)c(=O)n2CC2CCOCC2)c1O. The minimum atomic E-state index is -0.766. The second-order valence-corrected chi connectivity index (χ2v) is 8.55. The molecule has 0 aliphatic carbocycles. The molecule has 0 amide bonds. The number of rotatable bonds is 5. The molecular weight excluding hydrogens is 446 g/mol. The number of carbonyl (C=O) groups excluding carboxylic acids is 1. The molecule has 0 bridgehead atoms. The molecule has 8 heteroatoms. The van der Waals surface area contributed by atoms with E-state index in [1.807, 2.05) is 30.3 Å². The van der Waals surface area contributed by atoms with E-state index in [0.29, 0.717) is 47.5 Å². The van der Waals surface area contributed by atoms with Gasteiger partial charge in [0.2, 0.25) is 0 Å². The second kappa shape index (κ2) is 9.68. The van der Waals surface area contributed by atoms with Gasteiger partial charge in [0.25, 0.3) is 5.56 Å². The number of benzene rings is 1. The first kappa shape index (κ1) is 22.7. The van der Waals surface area contributed by atoms with Gasteiger partial charge in [0.1, 0.15) is 0 Å². The molecule has 178 valence electrons. The fraction of sp³-hybridized carbons (Fsp3) is 0.259. The van der Waals surface area contributed by atoms with Crippen molar-refractivity contribution in [2.45, 2.75) is 19.4 Å². The van der Waals surface area contributed by atoms with Crippen molar-refractivity contribution in [2.75, 3.05) is 20.3 Å². The van der Waals surface area contributed by atoms with Gasteiger partial charge >= 0.3 is 5.97 Å². The lowest BCUT2D eigenvalue weighted by atomic mass is 9.97. The van der Waals surface area contributed by atoms with Gasteiger partial charge in [-0.1, -0.05) is 30.3 Å². The number of nitrogens with zero attached hydrogens (tertiary/aromatic N) is 3. The van der Waals surface area contributed by atoms with E-state index in [1.165, 1.54) is 7.11 Å². The van der Waals surface area contributed by atoms with Crippen molar-refractivity contribution in [2.24, 2.45) is 5.92 Å². The Bertz CT molecular complexity index is 1430. The largest absolute Gasteiger partial charge is 0.505 e. The van der Waals surface area contributed by atoms with Crippen LogP contribution in [0.15, 0.2) is 65.7 Å². The minimum absolute atomic E-state index is 0.188. The van der Waals surface area contributed by atoms with Crippen LogP contribution in [0.5, 0.6) is 5.75 Å². The van der Waals surface area contributed by atoms with E-state index in [4.69, 9.17) is 9.47 Å². The Labute approximate surface area is 201 Å². The maximum Gasteiger partial charge on any atom is 0.360 e. The first-order chi connectivity index (χ1) is 17.1. The number of aromatic nitrogens is 3. The highest BCUT2D eigenvalue weighted by atomic mass is 16.5. The maximum atomic E-state index is 13.9.